The molecule has 0 fully saturated rings. The van der Waals surface area contributed by atoms with Crippen molar-refractivity contribution in [1.29, 1.82) is 0 Å². The third-order valence-electron chi connectivity index (χ3n) is 2.67. The molecule has 0 atom stereocenters. The lowest BCUT2D eigenvalue weighted by molar-refractivity contribution is -0.440. The van der Waals surface area contributed by atoms with Crippen LogP contribution in [0.2, 0.25) is 0 Å². The number of benzene rings is 1. The summed E-state index contributed by atoms with van der Waals surface area (Å²) in [6.45, 7) is 0. The van der Waals surface area contributed by atoms with Crippen molar-refractivity contribution in [3.05, 3.63) is 54.7 Å². The molecule has 1 heterocycles. The summed E-state index contributed by atoms with van der Waals surface area (Å²) in [5.74, 6) is 5.55. The lowest BCUT2D eigenvalue weighted by Gasteiger charge is -2.15. The predicted molar refractivity (Wildman–Crippen MR) is 72.6 cm³/mol. The minimum atomic E-state index is -1.28. The molecule has 0 aliphatic heterocycles. The quantitative estimate of drug-likeness (QED) is 0.459. The van der Waals surface area contributed by atoms with Crippen LogP contribution in [0.3, 0.4) is 0 Å². The molecule has 0 saturated carbocycles. The maximum absolute atomic E-state index is 11.2. The summed E-state index contributed by atoms with van der Waals surface area (Å²) >= 11 is 0. The van der Waals surface area contributed by atoms with E-state index in [1.54, 1.807) is 0 Å². The van der Waals surface area contributed by atoms with E-state index >= 15 is 0 Å². The summed E-state index contributed by atoms with van der Waals surface area (Å²) in [5.41, 5.74) is -3.91. The van der Waals surface area contributed by atoms with Gasteiger partial charge in [0.05, 0.1) is 21.0 Å². The standard InChI is InChI=1S/C9H6N8O6/c10-14(7-3-4-11-13-12-7)5-1-2-6(15(18)19)9(17(22)23)8(5)16(20)21/h1-4H,10H2. The van der Waals surface area contributed by atoms with E-state index in [4.69, 9.17) is 5.84 Å². The van der Waals surface area contributed by atoms with E-state index in [0.717, 1.165) is 12.1 Å². The van der Waals surface area contributed by atoms with Crippen LogP contribution < -0.4 is 10.9 Å². The number of nitrogens with two attached hydrogens (primary N) is 1. The molecule has 23 heavy (non-hydrogen) atoms. The Balaban J connectivity index is 2.75. The molecule has 118 valence electrons. The summed E-state index contributed by atoms with van der Waals surface area (Å²) in [4.78, 5) is 29.7. The Morgan fingerprint density at radius 1 is 0.957 bits per heavy atom. The minimum Gasteiger partial charge on any atom is -0.258 e. The average molecular weight is 322 g/mol. The second-order valence-corrected chi connectivity index (χ2v) is 3.92. The summed E-state index contributed by atoms with van der Waals surface area (Å²) in [7, 11) is 0. The summed E-state index contributed by atoms with van der Waals surface area (Å²) in [5, 5.41) is 43.9. The second kappa shape index (κ2) is 5.90. The molecule has 0 bridgehead atoms. The molecular weight excluding hydrogens is 316 g/mol. The van der Waals surface area contributed by atoms with Gasteiger partial charge in [-0.05, 0) is 11.3 Å². The number of nitro benzene ring substituents is 3. The Morgan fingerprint density at radius 2 is 1.61 bits per heavy atom. The van der Waals surface area contributed by atoms with Gasteiger partial charge < -0.3 is 0 Å². The molecule has 0 aliphatic carbocycles. The van der Waals surface area contributed by atoms with Gasteiger partial charge in [-0.2, -0.15) is 0 Å². The number of nitro groups is 3. The molecule has 14 heteroatoms. The van der Waals surface area contributed by atoms with Crippen LogP contribution in [0, 0.1) is 30.3 Å². The number of aromatic nitrogens is 3. The van der Waals surface area contributed by atoms with E-state index in [1.807, 2.05) is 0 Å². The van der Waals surface area contributed by atoms with Gasteiger partial charge in [-0.25, -0.2) is 5.84 Å². The monoisotopic (exact) mass is 322 g/mol. The molecular formula is C9H6N8O6. The predicted octanol–water partition coefficient (Wildman–Crippen LogP) is 0.608. The number of rotatable bonds is 5. The van der Waals surface area contributed by atoms with E-state index in [-0.39, 0.29) is 5.82 Å². The van der Waals surface area contributed by atoms with Crippen molar-refractivity contribution in [2.24, 2.45) is 5.84 Å². The molecule has 2 N–H and O–H groups in total. The first-order chi connectivity index (χ1) is 10.8. The fourth-order valence-electron chi connectivity index (χ4n) is 1.75. The van der Waals surface area contributed by atoms with Crippen LogP contribution in [0.1, 0.15) is 0 Å². The largest absolute Gasteiger partial charge is 0.424 e. The molecule has 14 nitrogen and oxygen atoms in total. The summed E-state index contributed by atoms with van der Waals surface area (Å²) < 4.78 is 0. The van der Waals surface area contributed by atoms with Crippen molar-refractivity contribution < 1.29 is 14.8 Å². The van der Waals surface area contributed by atoms with Crippen molar-refractivity contribution in [1.82, 2.24) is 15.4 Å². The molecule has 0 aliphatic rings. The zero-order chi connectivity index (χ0) is 17.1. The smallest absolute Gasteiger partial charge is 0.258 e. The highest BCUT2D eigenvalue weighted by Gasteiger charge is 2.40. The van der Waals surface area contributed by atoms with E-state index < -0.39 is 37.5 Å². The topological polar surface area (TPSA) is 197 Å². The fraction of sp³-hybridized carbons (Fsp3) is 0. The lowest BCUT2D eigenvalue weighted by Crippen LogP contribution is -2.27. The van der Waals surface area contributed by atoms with Gasteiger partial charge in [0.2, 0.25) is 0 Å². The number of hydrogen-bond donors (Lipinski definition) is 1. The zero-order valence-electron chi connectivity index (χ0n) is 11.0. The van der Waals surface area contributed by atoms with Crippen LogP contribution in [0.15, 0.2) is 24.4 Å². The minimum absolute atomic E-state index is 0.105. The van der Waals surface area contributed by atoms with Crippen molar-refractivity contribution in [2.45, 2.75) is 0 Å². The Kier molecular flexibility index (Phi) is 3.99. The summed E-state index contributed by atoms with van der Waals surface area (Å²) in [6, 6.07) is 2.89. The van der Waals surface area contributed by atoms with Crippen LogP contribution in [-0.4, -0.2) is 30.2 Å². The maximum Gasteiger partial charge on any atom is 0.424 e. The molecule has 0 spiro atoms. The van der Waals surface area contributed by atoms with Crippen LogP contribution in [0.4, 0.5) is 28.6 Å². The molecule has 0 radical (unpaired) electrons. The van der Waals surface area contributed by atoms with Gasteiger partial charge in [-0.1, -0.05) is 0 Å². The van der Waals surface area contributed by atoms with Crippen LogP contribution in [0.5, 0.6) is 0 Å². The normalized spacial score (nSPS) is 10.1. The number of anilines is 2. The molecule has 0 amide bonds. The highest BCUT2D eigenvalue weighted by atomic mass is 16.6. The van der Waals surface area contributed by atoms with Gasteiger partial charge in [0, 0.05) is 12.1 Å². The van der Waals surface area contributed by atoms with Gasteiger partial charge in [-0.3, -0.25) is 35.4 Å². The van der Waals surface area contributed by atoms with Gasteiger partial charge in [0.15, 0.2) is 5.82 Å². The SMILES string of the molecule is NN(c1ccnnn1)c1ccc([N+](=O)[O-])c([N+](=O)[O-])c1[N+](=O)[O-]. The molecule has 2 rings (SSSR count). The van der Waals surface area contributed by atoms with E-state index in [2.05, 4.69) is 15.4 Å². The first kappa shape index (κ1) is 15.6. The van der Waals surface area contributed by atoms with E-state index in [0.29, 0.717) is 5.01 Å². The van der Waals surface area contributed by atoms with Gasteiger partial charge in [0.1, 0.15) is 5.69 Å². The Morgan fingerprint density at radius 3 is 2.09 bits per heavy atom. The molecule has 2 aromatic rings. The third kappa shape index (κ3) is 2.81. The highest BCUT2D eigenvalue weighted by Crippen LogP contribution is 2.43. The third-order valence-corrected chi connectivity index (χ3v) is 2.67. The van der Waals surface area contributed by atoms with Crippen LogP contribution in [0.25, 0.3) is 0 Å². The van der Waals surface area contributed by atoms with Crippen molar-refractivity contribution in [3.63, 3.8) is 0 Å². The molecule has 1 aromatic carbocycles. The lowest BCUT2D eigenvalue weighted by atomic mass is 10.2. The van der Waals surface area contributed by atoms with Crippen LogP contribution >= 0.6 is 0 Å². The number of hydrogen-bond acceptors (Lipinski definition) is 11. The highest BCUT2D eigenvalue weighted by molar-refractivity contribution is 5.81. The van der Waals surface area contributed by atoms with Gasteiger partial charge >= 0.3 is 17.1 Å². The fourth-order valence-corrected chi connectivity index (χ4v) is 1.75. The van der Waals surface area contributed by atoms with Crippen molar-refractivity contribution >= 4 is 28.6 Å². The first-order valence-corrected chi connectivity index (χ1v) is 5.64. The first-order valence-electron chi connectivity index (χ1n) is 5.64. The Labute approximate surface area is 125 Å². The van der Waals surface area contributed by atoms with Crippen LogP contribution in [-0.2, 0) is 0 Å². The Hall–Kier alpha value is -3.81. The Bertz CT molecular complexity index is 796. The van der Waals surface area contributed by atoms with Gasteiger partial charge in [0.25, 0.3) is 0 Å². The zero-order valence-corrected chi connectivity index (χ0v) is 11.0. The molecule has 0 saturated heterocycles. The second-order valence-electron chi connectivity index (χ2n) is 3.92. The van der Waals surface area contributed by atoms with Gasteiger partial charge in [-0.15, -0.1) is 10.2 Å². The number of nitrogens with zero attached hydrogens (tertiary/aromatic N) is 7. The van der Waals surface area contributed by atoms with Crippen molar-refractivity contribution in [2.75, 3.05) is 5.01 Å². The molecule has 0 unspecified atom stereocenters. The summed E-state index contributed by atoms with van der Waals surface area (Å²) in [6.07, 6.45) is 1.19. The molecule has 1 aromatic heterocycles. The maximum atomic E-state index is 11.2. The average Bonchev–Trinajstić information content (AvgIpc) is 2.53. The van der Waals surface area contributed by atoms with E-state index in [1.165, 1.54) is 12.3 Å². The number of hydrazine groups is 1. The van der Waals surface area contributed by atoms with E-state index in [9.17, 15) is 30.3 Å². The van der Waals surface area contributed by atoms with Crippen molar-refractivity contribution in [3.8, 4) is 0 Å².